The first-order valence-corrected chi connectivity index (χ1v) is 16.9. The van der Waals surface area contributed by atoms with Crippen LogP contribution in [0.2, 0.25) is 0 Å². The van der Waals surface area contributed by atoms with Crippen molar-refractivity contribution in [3.05, 3.63) is 65.0 Å². The summed E-state index contributed by atoms with van der Waals surface area (Å²) >= 11 is 0. The van der Waals surface area contributed by atoms with Crippen LogP contribution in [0.1, 0.15) is 81.4 Å². The fourth-order valence-electron chi connectivity index (χ4n) is 6.41. The van der Waals surface area contributed by atoms with Gasteiger partial charge in [0.1, 0.15) is 17.9 Å². The zero-order valence-electron chi connectivity index (χ0n) is 28.2. The normalized spacial score (nSPS) is 17.9. The Morgan fingerprint density at radius 1 is 0.980 bits per heavy atom. The van der Waals surface area contributed by atoms with Crippen LogP contribution in [-0.2, 0) is 25.1 Å². The molecule has 3 N–H and O–H groups in total. The molecule has 2 aromatic rings. The van der Waals surface area contributed by atoms with Crippen LogP contribution in [-0.4, -0.2) is 78.7 Å². The number of alkyl halides is 2. The average molecular weight is 683 g/mol. The number of rotatable bonds is 11. The van der Waals surface area contributed by atoms with E-state index in [0.29, 0.717) is 44.6 Å². The van der Waals surface area contributed by atoms with Crippen molar-refractivity contribution in [2.45, 2.75) is 82.7 Å². The lowest BCUT2D eigenvalue weighted by atomic mass is 9.90. The fourth-order valence-corrected chi connectivity index (χ4v) is 6.41. The summed E-state index contributed by atoms with van der Waals surface area (Å²) in [7, 11) is 1.96. The first-order valence-electron chi connectivity index (χ1n) is 16.9. The van der Waals surface area contributed by atoms with Crippen molar-refractivity contribution in [2.24, 2.45) is 5.92 Å². The summed E-state index contributed by atoms with van der Waals surface area (Å²) in [6.45, 7) is 5.75. The van der Waals surface area contributed by atoms with E-state index < -0.39 is 53.0 Å². The second-order valence-electron chi connectivity index (χ2n) is 13.0. The molecule has 0 bridgehead atoms. The highest BCUT2D eigenvalue weighted by molar-refractivity contribution is 5.98. The lowest BCUT2D eigenvalue weighted by Gasteiger charge is -2.36. The van der Waals surface area contributed by atoms with Crippen molar-refractivity contribution in [2.75, 3.05) is 38.5 Å². The molecular formula is C36H45F3N6O4. The molecule has 264 valence electrons. The largest absolute Gasteiger partial charge is 0.349 e. The molecule has 1 heterocycles. The van der Waals surface area contributed by atoms with E-state index in [2.05, 4.69) is 20.9 Å². The maximum absolute atomic E-state index is 15.6. The fraction of sp³-hybridized carbons (Fsp3) is 0.528. The van der Waals surface area contributed by atoms with Crippen LogP contribution in [0.25, 0.3) is 0 Å². The third-order valence-corrected chi connectivity index (χ3v) is 9.58. The molecule has 2 aliphatic rings. The van der Waals surface area contributed by atoms with Crippen LogP contribution in [0, 0.1) is 23.1 Å². The molecule has 13 heteroatoms. The Bertz CT molecular complexity index is 1550. The highest BCUT2D eigenvalue weighted by Crippen LogP contribution is 2.32. The van der Waals surface area contributed by atoms with Gasteiger partial charge in [0, 0.05) is 44.1 Å². The van der Waals surface area contributed by atoms with Gasteiger partial charge in [-0.25, -0.2) is 4.39 Å². The monoisotopic (exact) mass is 682 g/mol. The van der Waals surface area contributed by atoms with E-state index in [-0.39, 0.29) is 29.5 Å². The van der Waals surface area contributed by atoms with Gasteiger partial charge in [-0.3, -0.25) is 19.2 Å². The Labute approximate surface area is 285 Å². The van der Waals surface area contributed by atoms with Crippen molar-refractivity contribution in [1.29, 1.82) is 5.26 Å². The van der Waals surface area contributed by atoms with E-state index in [9.17, 15) is 19.2 Å². The van der Waals surface area contributed by atoms with Gasteiger partial charge in [0.2, 0.25) is 17.7 Å². The number of benzene rings is 2. The van der Waals surface area contributed by atoms with Gasteiger partial charge in [-0.1, -0.05) is 57.7 Å². The second-order valence-corrected chi connectivity index (χ2v) is 13.0. The number of nitrogens with one attached hydrogen (secondary N) is 3. The minimum Gasteiger partial charge on any atom is -0.344 e. The molecule has 2 fully saturated rings. The summed E-state index contributed by atoms with van der Waals surface area (Å²) in [6, 6.07) is 8.06. The van der Waals surface area contributed by atoms with Crippen LogP contribution in [0.15, 0.2) is 42.5 Å². The summed E-state index contributed by atoms with van der Waals surface area (Å²) < 4.78 is 46.3. The number of hydrogen-bond acceptors (Lipinski definition) is 6. The minimum absolute atomic E-state index is 0.0426. The maximum atomic E-state index is 15.6. The van der Waals surface area contributed by atoms with E-state index in [0.717, 1.165) is 37.8 Å². The van der Waals surface area contributed by atoms with Crippen LogP contribution >= 0.6 is 0 Å². The molecule has 10 nitrogen and oxygen atoms in total. The molecule has 0 spiro atoms. The van der Waals surface area contributed by atoms with Crippen molar-refractivity contribution in [3.8, 4) is 6.07 Å². The molecular weight excluding hydrogens is 637 g/mol. The Balaban J connectivity index is 1.55. The lowest BCUT2D eigenvalue weighted by Crippen LogP contribution is -2.55. The van der Waals surface area contributed by atoms with Crippen LogP contribution in [0.4, 0.5) is 18.9 Å². The second kappa shape index (κ2) is 16.8. The van der Waals surface area contributed by atoms with Gasteiger partial charge >= 0.3 is 5.92 Å². The molecule has 1 aliphatic carbocycles. The molecule has 1 saturated carbocycles. The summed E-state index contributed by atoms with van der Waals surface area (Å²) in [5.41, 5.74) is -0.535. The van der Waals surface area contributed by atoms with E-state index in [4.69, 9.17) is 5.26 Å². The SMILES string of the molecule is CCC(=O)NC(C(=O)N1CCN(C)CC1)C(C)c1ccc(NC(=O)C(NC(=O)C(F)(F)c2cccc(C#N)c2)C2CCCCCC2)c(F)c1. The van der Waals surface area contributed by atoms with Crippen LogP contribution in [0.5, 0.6) is 0 Å². The maximum Gasteiger partial charge on any atom is 0.349 e. The van der Waals surface area contributed by atoms with E-state index >= 15 is 13.2 Å². The third-order valence-electron chi connectivity index (χ3n) is 9.58. The third kappa shape index (κ3) is 9.38. The average Bonchev–Trinajstić information content (AvgIpc) is 3.39. The molecule has 0 radical (unpaired) electrons. The van der Waals surface area contributed by atoms with Gasteiger partial charge in [0.05, 0.1) is 17.3 Å². The van der Waals surface area contributed by atoms with Crippen molar-refractivity contribution in [1.82, 2.24) is 20.4 Å². The van der Waals surface area contributed by atoms with Gasteiger partial charge in [-0.05, 0) is 55.6 Å². The first kappa shape index (κ1) is 37.4. The Kier molecular flexibility index (Phi) is 12.8. The quantitative estimate of drug-likeness (QED) is 0.296. The standard InChI is InChI=1S/C36H45F3N6O4/c1-4-30(46)42-31(34(48)45-18-16-44(3)17-19-45)23(2)26-14-15-29(28(37)21-26)41-33(47)32(25-11-7-5-6-8-12-25)43-35(49)36(38,39)27-13-9-10-24(20-27)22-40/h9-10,13-15,20-21,23,25,31-32H,4-8,11-12,16-19H2,1-3H3,(H,41,47)(H,42,46)(H,43,49). The number of carbonyl (C=O) groups is 4. The number of likely N-dealkylation sites (N-methyl/N-ethyl adjacent to an activating group) is 1. The number of carbonyl (C=O) groups excluding carboxylic acids is 4. The number of nitrogens with zero attached hydrogens (tertiary/aromatic N) is 3. The van der Waals surface area contributed by atoms with E-state index in [1.54, 1.807) is 30.9 Å². The zero-order valence-corrected chi connectivity index (χ0v) is 28.2. The Morgan fingerprint density at radius 2 is 1.65 bits per heavy atom. The molecule has 0 aromatic heterocycles. The molecule has 2 aromatic carbocycles. The molecule has 1 saturated heterocycles. The molecule has 4 rings (SSSR count). The number of piperazine rings is 1. The van der Waals surface area contributed by atoms with Crippen molar-refractivity contribution >= 4 is 29.3 Å². The summed E-state index contributed by atoms with van der Waals surface area (Å²) in [6.07, 6.45) is 4.48. The van der Waals surface area contributed by atoms with Crippen LogP contribution in [0.3, 0.4) is 0 Å². The molecule has 1 aliphatic heterocycles. The molecule has 3 unspecified atom stereocenters. The van der Waals surface area contributed by atoms with E-state index in [1.807, 2.05) is 7.05 Å². The van der Waals surface area contributed by atoms with Crippen molar-refractivity contribution in [3.63, 3.8) is 0 Å². The first-order chi connectivity index (χ1) is 23.3. The lowest BCUT2D eigenvalue weighted by molar-refractivity contribution is -0.149. The molecule has 3 atom stereocenters. The number of nitriles is 1. The number of halogens is 3. The van der Waals surface area contributed by atoms with Gasteiger partial charge in [-0.2, -0.15) is 14.0 Å². The predicted octanol–water partition coefficient (Wildman–Crippen LogP) is 4.66. The summed E-state index contributed by atoms with van der Waals surface area (Å²) in [4.78, 5) is 56.4. The number of hydrogen-bond donors (Lipinski definition) is 3. The molecule has 4 amide bonds. The highest BCUT2D eigenvalue weighted by Gasteiger charge is 2.44. The van der Waals surface area contributed by atoms with Gasteiger partial charge < -0.3 is 25.8 Å². The van der Waals surface area contributed by atoms with Gasteiger partial charge in [-0.15, -0.1) is 0 Å². The minimum atomic E-state index is -4.04. The zero-order chi connectivity index (χ0) is 35.7. The summed E-state index contributed by atoms with van der Waals surface area (Å²) in [5, 5.41) is 16.7. The number of anilines is 1. The Morgan fingerprint density at radius 3 is 2.27 bits per heavy atom. The number of amides is 4. The van der Waals surface area contributed by atoms with Gasteiger partial charge in [0.25, 0.3) is 5.91 Å². The van der Waals surface area contributed by atoms with Crippen molar-refractivity contribution < 1.29 is 32.3 Å². The van der Waals surface area contributed by atoms with Gasteiger partial charge in [0.15, 0.2) is 0 Å². The molecule has 49 heavy (non-hydrogen) atoms. The highest BCUT2D eigenvalue weighted by atomic mass is 19.3. The smallest absolute Gasteiger partial charge is 0.344 e. The topological polar surface area (TPSA) is 135 Å². The Hall–Kier alpha value is -4.44. The predicted molar refractivity (Wildman–Crippen MR) is 178 cm³/mol. The van der Waals surface area contributed by atoms with Crippen LogP contribution < -0.4 is 16.0 Å². The summed E-state index contributed by atoms with van der Waals surface area (Å²) in [5.74, 6) is -9.06. The van der Waals surface area contributed by atoms with E-state index in [1.165, 1.54) is 24.3 Å².